The second-order valence-electron chi connectivity index (χ2n) is 6.81. The average Bonchev–Trinajstić information content (AvgIpc) is 3.24. The van der Waals surface area contributed by atoms with Crippen LogP contribution in [0.15, 0.2) is 63.8 Å². The first kappa shape index (κ1) is 23.1. The van der Waals surface area contributed by atoms with E-state index in [0.29, 0.717) is 24.3 Å². The van der Waals surface area contributed by atoms with E-state index in [1.165, 1.54) is 12.1 Å². The van der Waals surface area contributed by atoms with Gasteiger partial charge in [0, 0.05) is 16.9 Å². The van der Waals surface area contributed by atoms with Gasteiger partial charge in [-0.15, -0.1) is 23.7 Å². The van der Waals surface area contributed by atoms with Gasteiger partial charge in [0.2, 0.25) is 0 Å². The van der Waals surface area contributed by atoms with Crippen molar-refractivity contribution in [3.63, 3.8) is 0 Å². The summed E-state index contributed by atoms with van der Waals surface area (Å²) in [6.45, 7) is 2.28. The molecule has 1 aliphatic heterocycles. The number of halogens is 1. The highest BCUT2D eigenvalue weighted by molar-refractivity contribution is 8.25. The van der Waals surface area contributed by atoms with Crippen LogP contribution in [0.1, 0.15) is 21.4 Å². The quantitative estimate of drug-likeness (QED) is 0.500. The highest BCUT2D eigenvalue weighted by Gasteiger charge is 2.45. The summed E-state index contributed by atoms with van der Waals surface area (Å²) >= 11 is 1.55. The highest BCUT2D eigenvalue weighted by Crippen LogP contribution is 2.63. The lowest BCUT2D eigenvalue weighted by atomic mass is 10.1. The van der Waals surface area contributed by atoms with E-state index in [1.54, 1.807) is 53.2 Å². The van der Waals surface area contributed by atoms with E-state index in [1.807, 2.05) is 6.92 Å². The minimum Gasteiger partial charge on any atom is -0.493 e. The molecule has 4 rings (SSSR count). The molecule has 1 atom stereocenters. The molecule has 2 N–H and O–H groups in total. The SMILES string of the molecule is Cc1ncsc1CCOc1cccc2c1C(S(=O)(=O)c1ccccc1)CS2(O)O.Cl. The fourth-order valence-corrected chi connectivity index (χ4v) is 8.68. The van der Waals surface area contributed by atoms with E-state index in [-0.39, 0.29) is 28.0 Å². The van der Waals surface area contributed by atoms with Gasteiger partial charge in [-0.25, -0.2) is 13.4 Å². The van der Waals surface area contributed by atoms with Crippen molar-refractivity contribution >= 4 is 44.2 Å². The lowest BCUT2D eigenvalue weighted by Gasteiger charge is -2.27. The van der Waals surface area contributed by atoms with E-state index >= 15 is 0 Å². The maximum absolute atomic E-state index is 13.3. The van der Waals surface area contributed by atoms with Crippen LogP contribution in [0.5, 0.6) is 5.75 Å². The standard InChI is InChI=1S/C20H21NO5S3.ClH/c1-14-17(27-13-21-14)10-11-26-16-8-5-9-18-20(16)19(12-28(18,22)23)29(24,25)15-6-3-2-4-7-15;/h2-9,13,19,22-23H,10-12H2,1H3;1H. The molecule has 2 heterocycles. The van der Waals surface area contributed by atoms with Gasteiger partial charge in [-0.3, -0.25) is 9.11 Å². The maximum Gasteiger partial charge on any atom is 0.187 e. The van der Waals surface area contributed by atoms with Crippen molar-refractivity contribution in [3.8, 4) is 5.75 Å². The molecule has 0 fully saturated rings. The van der Waals surface area contributed by atoms with Gasteiger partial charge in [0.05, 0.1) is 33.4 Å². The largest absolute Gasteiger partial charge is 0.493 e. The zero-order chi connectivity index (χ0) is 20.6. The van der Waals surface area contributed by atoms with Crippen LogP contribution in [0.2, 0.25) is 0 Å². The summed E-state index contributed by atoms with van der Waals surface area (Å²) in [5, 5.41) is -1.06. The van der Waals surface area contributed by atoms with Gasteiger partial charge in [0.1, 0.15) is 11.0 Å². The molecule has 1 unspecified atom stereocenters. The van der Waals surface area contributed by atoms with Crippen molar-refractivity contribution in [1.82, 2.24) is 4.98 Å². The molecule has 1 aromatic heterocycles. The van der Waals surface area contributed by atoms with Crippen LogP contribution in [0.25, 0.3) is 0 Å². The van der Waals surface area contributed by atoms with Gasteiger partial charge in [-0.1, -0.05) is 24.3 Å². The number of ether oxygens (including phenoxy) is 1. The Balaban J connectivity index is 0.00000256. The number of aromatic nitrogens is 1. The predicted molar refractivity (Wildman–Crippen MR) is 122 cm³/mol. The smallest absolute Gasteiger partial charge is 0.187 e. The number of fused-ring (bicyclic) bond motifs is 1. The lowest BCUT2D eigenvalue weighted by molar-refractivity contribution is 0.318. The minimum absolute atomic E-state index is 0. The number of aryl methyl sites for hydroxylation is 1. The molecule has 10 heteroatoms. The zero-order valence-corrected chi connectivity index (χ0v) is 19.4. The molecule has 0 spiro atoms. The molecule has 0 bridgehead atoms. The number of hydrogen-bond acceptors (Lipinski definition) is 7. The number of hydrogen-bond donors (Lipinski definition) is 2. The Bertz CT molecular complexity index is 1130. The molecular formula is C20H22ClNO5S3. The summed E-state index contributed by atoms with van der Waals surface area (Å²) in [5.74, 6) is 0.125. The molecule has 6 nitrogen and oxygen atoms in total. The van der Waals surface area contributed by atoms with Crippen LogP contribution in [0.3, 0.4) is 0 Å². The van der Waals surface area contributed by atoms with Crippen LogP contribution < -0.4 is 4.74 Å². The Morgan fingerprint density at radius 2 is 1.90 bits per heavy atom. The maximum atomic E-state index is 13.3. The third-order valence-electron chi connectivity index (χ3n) is 4.96. The van der Waals surface area contributed by atoms with Gasteiger partial charge in [-0.2, -0.15) is 10.6 Å². The van der Waals surface area contributed by atoms with Crippen LogP contribution in [-0.4, -0.2) is 34.9 Å². The van der Waals surface area contributed by atoms with Gasteiger partial charge < -0.3 is 4.74 Å². The summed E-state index contributed by atoms with van der Waals surface area (Å²) in [5.41, 5.74) is 3.09. The Hall–Kier alpha value is -1.62. The molecule has 0 saturated heterocycles. The van der Waals surface area contributed by atoms with E-state index in [0.717, 1.165) is 10.6 Å². The fraction of sp³-hybridized carbons (Fsp3) is 0.250. The average molecular weight is 488 g/mol. The number of nitrogens with zero attached hydrogens (tertiary/aromatic N) is 1. The Labute approximate surface area is 187 Å². The number of rotatable bonds is 6. The normalized spacial score (nSPS) is 18.3. The van der Waals surface area contributed by atoms with Gasteiger partial charge in [0.15, 0.2) is 9.84 Å². The molecular weight excluding hydrogens is 466 g/mol. The molecule has 30 heavy (non-hydrogen) atoms. The van der Waals surface area contributed by atoms with Crippen molar-refractivity contribution in [3.05, 3.63) is 70.2 Å². The Morgan fingerprint density at radius 3 is 2.57 bits per heavy atom. The number of sulfone groups is 1. The summed E-state index contributed by atoms with van der Waals surface area (Å²) in [6.07, 6.45) is 0.645. The minimum atomic E-state index is -3.81. The molecule has 0 radical (unpaired) electrons. The first-order valence-corrected chi connectivity index (χ1v) is 13.1. The second-order valence-corrected chi connectivity index (χ2v) is 12.0. The van der Waals surface area contributed by atoms with E-state index < -0.39 is 25.7 Å². The predicted octanol–water partition coefficient (Wildman–Crippen LogP) is 5.13. The van der Waals surface area contributed by atoms with Gasteiger partial charge >= 0.3 is 0 Å². The second kappa shape index (κ2) is 8.86. The van der Waals surface area contributed by atoms with Crippen LogP contribution in [0.4, 0.5) is 0 Å². The number of thiazole rings is 1. The van der Waals surface area contributed by atoms with E-state index in [9.17, 15) is 17.5 Å². The Morgan fingerprint density at radius 1 is 1.17 bits per heavy atom. The van der Waals surface area contributed by atoms with Crippen molar-refractivity contribution in [2.24, 2.45) is 0 Å². The van der Waals surface area contributed by atoms with Crippen molar-refractivity contribution < 1.29 is 22.3 Å². The van der Waals surface area contributed by atoms with Crippen molar-refractivity contribution in [2.45, 2.75) is 28.4 Å². The van der Waals surface area contributed by atoms with Crippen molar-refractivity contribution in [2.75, 3.05) is 12.4 Å². The summed E-state index contributed by atoms with van der Waals surface area (Å²) in [7, 11) is -7.02. The third kappa shape index (κ3) is 4.23. The van der Waals surface area contributed by atoms with Gasteiger partial charge in [0.25, 0.3) is 0 Å². The molecule has 1 aliphatic rings. The monoisotopic (exact) mass is 487 g/mol. The first-order valence-electron chi connectivity index (χ1n) is 9.00. The van der Waals surface area contributed by atoms with Gasteiger partial charge in [-0.05, 0) is 31.2 Å². The first-order chi connectivity index (χ1) is 13.8. The Kier molecular flexibility index (Phi) is 6.81. The summed E-state index contributed by atoms with van der Waals surface area (Å²) < 4.78 is 53.6. The molecule has 0 aliphatic carbocycles. The zero-order valence-electron chi connectivity index (χ0n) is 16.1. The van der Waals surface area contributed by atoms with Crippen LogP contribution >= 0.6 is 34.3 Å². The fourth-order valence-electron chi connectivity index (χ4n) is 3.48. The van der Waals surface area contributed by atoms with E-state index in [2.05, 4.69) is 4.98 Å². The third-order valence-corrected chi connectivity index (χ3v) is 10.1. The molecule has 0 saturated carbocycles. The molecule has 0 amide bonds. The van der Waals surface area contributed by atoms with E-state index in [4.69, 9.17) is 4.74 Å². The topological polar surface area (TPSA) is 96.7 Å². The summed E-state index contributed by atoms with van der Waals surface area (Å²) in [6, 6.07) is 13.0. The number of benzene rings is 2. The lowest BCUT2D eigenvalue weighted by Crippen LogP contribution is -2.16. The summed E-state index contributed by atoms with van der Waals surface area (Å²) in [4.78, 5) is 5.74. The van der Waals surface area contributed by atoms with Crippen LogP contribution in [0, 0.1) is 6.92 Å². The molecule has 162 valence electrons. The van der Waals surface area contributed by atoms with Crippen LogP contribution in [-0.2, 0) is 16.3 Å². The molecule has 3 aromatic rings. The molecule has 2 aromatic carbocycles. The van der Waals surface area contributed by atoms with Crippen molar-refractivity contribution in [1.29, 1.82) is 0 Å². The highest BCUT2D eigenvalue weighted by atomic mass is 35.5.